The van der Waals surface area contributed by atoms with Gasteiger partial charge in [-0.25, -0.2) is 4.98 Å². The van der Waals surface area contributed by atoms with Gasteiger partial charge in [-0.1, -0.05) is 0 Å². The van der Waals surface area contributed by atoms with Crippen LogP contribution in [0.15, 0.2) is 6.07 Å². The number of anilines is 2. The van der Waals surface area contributed by atoms with Crippen molar-refractivity contribution in [2.45, 2.75) is 38.3 Å². The molecule has 2 atom stereocenters. The minimum absolute atomic E-state index is 0.295. The van der Waals surface area contributed by atoms with Gasteiger partial charge in [-0.05, 0) is 26.2 Å². The first kappa shape index (κ1) is 12.1. The molecule has 2 rings (SSSR count). The number of aryl methyl sites for hydroxylation is 1. The Labute approximate surface area is 102 Å². The molecule has 0 radical (unpaired) electrons. The number of nitrogens with one attached hydrogen (secondary N) is 2. The van der Waals surface area contributed by atoms with Crippen LogP contribution in [-0.2, 0) is 4.74 Å². The van der Waals surface area contributed by atoms with Crippen LogP contribution in [0.2, 0.25) is 0 Å². The molecule has 0 amide bonds. The molecule has 1 heterocycles. The summed E-state index contributed by atoms with van der Waals surface area (Å²) in [7, 11) is 3.60. The van der Waals surface area contributed by atoms with E-state index in [2.05, 4.69) is 20.6 Å². The average Bonchev–Trinajstić information content (AvgIpc) is 2.75. The molecule has 1 aromatic heterocycles. The van der Waals surface area contributed by atoms with E-state index in [9.17, 15) is 0 Å². The van der Waals surface area contributed by atoms with Crippen molar-refractivity contribution >= 4 is 11.8 Å². The minimum Gasteiger partial charge on any atom is -0.379 e. The second kappa shape index (κ2) is 5.31. The van der Waals surface area contributed by atoms with Crippen molar-refractivity contribution in [2.24, 2.45) is 0 Å². The lowest BCUT2D eigenvalue weighted by molar-refractivity contribution is 0.101. The molecule has 1 aliphatic rings. The first-order valence-corrected chi connectivity index (χ1v) is 6.05. The van der Waals surface area contributed by atoms with E-state index in [1.807, 2.05) is 20.0 Å². The van der Waals surface area contributed by atoms with Crippen molar-refractivity contribution in [3.63, 3.8) is 0 Å². The summed E-state index contributed by atoms with van der Waals surface area (Å²) in [6.07, 6.45) is 3.76. The summed E-state index contributed by atoms with van der Waals surface area (Å²) in [5.41, 5.74) is 0.957. The lowest BCUT2D eigenvalue weighted by atomic mass is 10.2. The zero-order valence-electron chi connectivity index (χ0n) is 10.7. The molecule has 2 N–H and O–H groups in total. The lowest BCUT2D eigenvalue weighted by Gasteiger charge is -2.20. The van der Waals surface area contributed by atoms with E-state index in [-0.39, 0.29) is 0 Å². The maximum Gasteiger partial charge on any atom is 0.224 e. The zero-order chi connectivity index (χ0) is 12.3. The Kier molecular flexibility index (Phi) is 3.78. The van der Waals surface area contributed by atoms with Crippen LogP contribution < -0.4 is 10.6 Å². The van der Waals surface area contributed by atoms with Crippen LogP contribution in [0, 0.1) is 6.92 Å². The van der Waals surface area contributed by atoms with Crippen LogP contribution in [0.25, 0.3) is 0 Å². The Morgan fingerprint density at radius 2 is 2.18 bits per heavy atom. The molecule has 2 unspecified atom stereocenters. The molecule has 5 nitrogen and oxygen atoms in total. The minimum atomic E-state index is 0.295. The third-order valence-corrected chi connectivity index (χ3v) is 3.17. The van der Waals surface area contributed by atoms with Crippen molar-refractivity contribution < 1.29 is 4.74 Å². The molecule has 0 bridgehead atoms. The lowest BCUT2D eigenvalue weighted by Crippen LogP contribution is -2.30. The summed E-state index contributed by atoms with van der Waals surface area (Å²) in [4.78, 5) is 8.67. The summed E-state index contributed by atoms with van der Waals surface area (Å²) in [6.45, 7) is 1.97. The second-order valence-electron chi connectivity index (χ2n) is 4.42. The molecule has 17 heavy (non-hydrogen) atoms. The first-order valence-electron chi connectivity index (χ1n) is 6.05. The van der Waals surface area contributed by atoms with Gasteiger partial charge in [-0.2, -0.15) is 4.98 Å². The summed E-state index contributed by atoms with van der Waals surface area (Å²) in [5.74, 6) is 1.52. The standard InChI is InChI=1S/C12H20N4O/c1-8-7-11(16-12(13-2)14-8)15-9-5-4-6-10(9)17-3/h7,9-10H,4-6H2,1-3H3,(H2,13,14,15,16). The van der Waals surface area contributed by atoms with Gasteiger partial charge in [0.05, 0.1) is 12.1 Å². The molecule has 0 spiro atoms. The molecule has 0 saturated heterocycles. The molecule has 5 heteroatoms. The average molecular weight is 236 g/mol. The predicted molar refractivity (Wildman–Crippen MR) is 68.4 cm³/mol. The van der Waals surface area contributed by atoms with Crippen LogP contribution in [0.1, 0.15) is 25.0 Å². The predicted octanol–water partition coefficient (Wildman–Crippen LogP) is 1.81. The number of ether oxygens (including phenoxy) is 1. The molecular formula is C12H20N4O. The molecule has 1 fully saturated rings. The van der Waals surface area contributed by atoms with Crippen LogP contribution in [-0.4, -0.2) is 36.3 Å². The van der Waals surface area contributed by atoms with E-state index < -0.39 is 0 Å². The van der Waals surface area contributed by atoms with Crippen molar-refractivity contribution in [1.29, 1.82) is 0 Å². The fraction of sp³-hybridized carbons (Fsp3) is 0.667. The zero-order valence-corrected chi connectivity index (χ0v) is 10.7. The Balaban J connectivity index is 2.09. The van der Waals surface area contributed by atoms with E-state index in [0.717, 1.165) is 24.4 Å². The highest BCUT2D eigenvalue weighted by Crippen LogP contribution is 2.24. The molecule has 1 aliphatic carbocycles. The Morgan fingerprint density at radius 1 is 1.35 bits per heavy atom. The Hall–Kier alpha value is -1.36. The highest BCUT2D eigenvalue weighted by atomic mass is 16.5. The molecular weight excluding hydrogens is 216 g/mol. The van der Waals surface area contributed by atoms with Crippen molar-refractivity contribution in [1.82, 2.24) is 9.97 Å². The largest absolute Gasteiger partial charge is 0.379 e. The third kappa shape index (κ3) is 2.85. The molecule has 0 aliphatic heterocycles. The Bertz CT molecular complexity index is 383. The van der Waals surface area contributed by atoms with Gasteiger partial charge < -0.3 is 15.4 Å². The highest BCUT2D eigenvalue weighted by molar-refractivity contribution is 5.43. The quantitative estimate of drug-likeness (QED) is 0.835. The number of methoxy groups -OCH3 is 1. The molecule has 1 saturated carbocycles. The summed E-state index contributed by atoms with van der Waals surface area (Å²) in [6, 6.07) is 2.32. The van der Waals surface area contributed by atoms with Gasteiger partial charge >= 0.3 is 0 Å². The van der Waals surface area contributed by atoms with Crippen LogP contribution in [0.3, 0.4) is 0 Å². The van der Waals surface area contributed by atoms with E-state index in [1.165, 1.54) is 6.42 Å². The summed E-state index contributed by atoms with van der Waals surface area (Å²) >= 11 is 0. The van der Waals surface area contributed by atoms with Gasteiger partial charge in [0.1, 0.15) is 5.82 Å². The van der Waals surface area contributed by atoms with Crippen molar-refractivity contribution in [3.8, 4) is 0 Å². The van der Waals surface area contributed by atoms with Gasteiger partial charge in [-0.3, -0.25) is 0 Å². The Morgan fingerprint density at radius 3 is 2.88 bits per heavy atom. The first-order chi connectivity index (χ1) is 8.22. The third-order valence-electron chi connectivity index (χ3n) is 3.17. The van der Waals surface area contributed by atoms with Gasteiger partial charge in [-0.15, -0.1) is 0 Å². The summed E-state index contributed by atoms with van der Waals surface area (Å²) in [5, 5.41) is 6.41. The van der Waals surface area contributed by atoms with Gasteiger partial charge in [0, 0.05) is 25.9 Å². The van der Waals surface area contributed by atoms with Gasteiger partial charge in [0.2, 0.25) is 5.95 Å². The maximum absolute atomic E-state index is 5.46. The van der Waals surface area contributed by atoms with Crippen molar-refractivity contribution in [2.75, 3.05) is 24.8 Å². The SMILES string of the molecule is CNc1nc(C)cc(NC2CCCC2OC)n1. The van der Waals surface area contributed by atoms with E-state index >= 15 is 0 Å². The van der Waals surface area contributed by atoms with E-state index in [4.69, 9.17) is 4.74 Å². The molecule has 0 aromatic carbocycles. The van der Waals surface area contributed by atoms with Gasteiger partial charge in [0.15, 0.2) is 0 Å². The number of aromatic nitrogens is 2. The highest BCUT2D eigenvalue weighted by Gasteiger charge is 2.27. The van der Waals surface area contributed by atoms with Gasteiger partial charge in [0.25, 0.3) is 0 Å². The fourth-order valence-electron chi connectivity index (χ4n) is 2.32. The normalized spacial score (nSPS) is 23.7. The number of rotatable bonds is 4. The van der Waals surface area contributed by atoms with E-state index in [0.29, 0.717) is 18.1 Å². The topological polar surface area (TPSA) is 59.1 Å². The summed E-state index contributed by atoms with van der Waals surface area (Å²) < 4.78 is 5.46. The van der Waals surface area contributed by atoms with E-state index in [1.54, 1.807) is 7.11 Å². The number of hydrogen-bond acceptors (Lipinski definition) is 5. The van der Waals surface area contributed by atoms with Crippen LogP contribution >= 0.6 is 0 Å². The second-order valence-corrected chi connectivity index (χ2v) is 4.42. The monoisotopic (exact) mass is 236 g/mol. The van der Waals surface area contributed by atoms with Crippen LogP contribution in [0.4, 0.5) is 11.8 Å². The van der Waals surface area contributed by atoms with Crippen LogP contribution in [0.5, 0.6) is 0 Å². The molecule has 94 valence electrons. The number of nitrogens with zero attached hydrogens (tertiary/aromatic N) is 2. The number of hydrogen-bond donors (Lipinski definition) is 2. The maximum atomic E-state index is 5.46. The van der Waals surface area contributed by atoms with Crippen molar-refractivity contribution in [3.05, 3.63) is 11.8 Å². The molecule has 1 aromatic rings. The smallest absolute Gasteiger partial charge is 0.224 e. The fourth-order valence-corrected chi connectivity index (χ4v) is 2.32.